The second kappa shape index (κ2) is 7.32. The molecule has 26 heavy (non-hydrogen) atoms. The van der Waals surface area contributed by atoms with Crippen LogP contribution < -0.4 is 15.8 Å². The SMILES string of the molecule is O=C(NC1CC1)C1CCN(c2cnn(Cc3ccccc3)c(=O)c2)CC1. The summed E-state index contributed by atoms with van der Waals surface area (Å²) < 4.78 is 1.48. The molecule has 2 fully saturated rings. The number of benzene rings is 1. The standard InChI is InChI=1S/C20H24N4O2/c25-19-12-18(13-21-24(19)14-15-4-2-1-3-5-15)23-10-8-16(9-11-23)20(26)22-17-6-7-17/h1-5,12-13,16-17H,6-11,14H2,(H,22,26). The highest BCUT2D eigenvalue weighted by Gasteiger charge is 2.30. The first-order valence-electron chi connectivity index (χ1n) is 9.35. The number of hydrogen-bond acceptors (Lipinski definition) is 4. The molecule has 1 saturated heterocycles. The van der Waals surface area contributed by atoms with Crippen molar-refractivity contribution in [2.75, 3.05) is 18.0 Å². The van der Waals surface area contributed by atoms with Crippen molar-refractivity contribution in [3.05, 3.63) is 58.5 Å². The number of rotatable bonds is 5. The Morgan fingerprint density at radius 1 is 1.12 bits per heavy atom. The molecule has 2 aliphatic rings. The Balaban J connectivity index is 1.37. The molecule has 6 nitrogen and oxygen atoms in total. The van der Waals surface area contributed by atoms with Gasteiger partial charge in [0.15, 0.2) is 0 Å². The van der Waals surface area contributed by atoms with E-state index in [4.69, 9.17) is 0 Å². The minimum atomic E-state index is -0.0973. The molecule has 0 spiro atoms. The summed E-state index contributed by atoms with van der Waals surface area (Å²) >= 11 is 0. The lowest BCUT2D eigenvalue weighted by Gasteiger charge is -2.32. The number of nitrogens with one attached hydrogen (secondary N) is 1. The number of anilines is 1. The van der Waals surface area contributed by atoms with Crippen molar-refractivity contribution >= 4 is 11.6 Å². The number of carbonyl (C=O) groups excluding carboxylic acids is 1. The van der Waals surface area contributed by atoms with Gasteiger partial charge in [-0.3, -0.25) is 9.59 Å². The summed E-state index contributed by atoms with van der Waals surface area (Å²) in [6.07, 6.45) is 5.65. The number of nitrogens with zero attached hydrogens (tertiary/aromatic N) is 3. The van der Waals surface area contributed by atoms with Crippen LogP contribution in [0.25, 0.3) is 0 Å². The molecule has 1 aliphatic heterocycles. The van der Waals surface area contributed by atoms with Crippen molar-refractivity contribution in [2.24, 2.45) is 5.92 Å². The number of piperidine rings is 1. The average Bonchev–Trinajstić information content (AvgIpc) is 3.48. The smallest absolute Gasteiger partial charge is 0.269 e. The predicted octanol–water partition coefficient (Wildman–Crippen LogP) is 1.79. The van der Waals surface area contributed by atoms with Crippen LogP contribution in [-0.4, -0.2) is 34.8 Å². The molecule has 1 aliphatic carbocycles. The fourth-order valence-corrected chi connectivity index (χ4v) is 3.42. The number of hydrogen-bond donors (Lipinski definition) is 1. The van der Waals surface area contributed by atoms with Gasteiger partial charge in [0.2, 0.25) is 5.91 Å². The van der Waals surface area contributed by atoms with Gasteiger partial charge in [-0.2, -0.15) is 5.10 Å². The van der Waals surface area contributed by atoms with E-state index >= 15 is 0 Å². The number of carbonyl (C=O) groups is 1. The maximum absolute atomic E-state index is 12.4. The van der Waals surface area contributed by atoms with Gasteiger partial charge in [-0.15, -0.1) is 0 Å². The molecule has 6 heteroatoms. The van der Waals surface area contributed by atoms with Crippen LogP contribution in [-0.2, 0) is 11.3 Å². The van der Waals surface area contributed by atoms with Crippen molar-refractivity contribution in [3.8, 4) is 0 Å². The van der Waals surface area contributed by atoms with Gasteiger partial charge in [-0.25, -0.2) is 4.68 Å². The Hall–Kier alpha value is -2.63. The van der Waals surface area contributed by atoms with Gasteiger partial charge >= 0.3 is 0 Å². The van der Waals surface area contributed by atoms with Crippen LogP contribution in [0.5, 0.6) is 0 Å². The highest BCUT2D eigenvalue weighted by Crippen LogP contribution is 2.24. The Bertz CT molecular complexity index is 821. The summed E-state index contributed by atoms with van der Waals surface area (Å²) in [6.45, 7) is 2.04. The predicted molar refractivity (Wildman–Crippen MR) is 100 cm³/mol. The first kappa shape index (κ1) is 16.8. The zero-order valence-corrected chi connectivity index (χ0v) is 14.8. The van der Waals surface area contributed by atoms with E-state index in [1.807, 2.05) is 30.3 Å². The molecule has 136 valence electrons. The molecule has 1 N–H and O–H groups in total. The molecule has 0 radical (unpaired) electrons. The van der Waals surface area contributed by atoms with Crippen LogP contribution in [0, 0.1) is 5.92 Å². The van der Waals surface area contributed by atoms with E-state index in [1.165, 1.54) is 4.68 Å². The highest BCUT2D eigenvalue weighted by atomic mass is 16.2. The van der Waals surface area contributed by atoms with Crippen LogP contribution in [0.3, 0.4) is 0 Å². The Morgan fingerprint density at radius 3 is 2.50 bits per heavy atom. The zero-order valence-electron chi connectivity index (χ0n) is 14.8. The molecule has 0 bridgehead atoms. The first-order chi connectivity index (χ1) is 12.7. The lowest BCUT2D eigenvalue weighted by molar-refractivity contribution is -0.125. The quantitative estimate of drug-likeness (QED) is 0.891. The number of aromatic nitrogens is 2. The molecule has 1 aromatic carbocycles. The van der Waals surface area contributed by atoms with E-state index in [1.54, 1.807) is 12.3 Å². The van der Waals surface area contributed by atoms with Crippen LogP contribution in [0.4, 0.5) is 5.69 Å². The second-order valence-electron chi connectivity index (χ2n) is 7.24. The maximum atomic E-state index is 12.4. The first-order valence-corrected chi connectivity index (χ1v) is 9.35. The van der Waals surface area contributed by atoms with Gasteiger partial charge in [0.05, 0.1) is 18.4 Å². The third kappa shape index (κ3) is 3.95. The van der Waals surface area contributed by atoms with Gasteiger partial charge in [0, 0.05) is 31.1 Å². The average molecular weight is 352 g/mol. The van der Waals surface area contributed by atoms with E-state index in [0.717, 1.165) is 50.0 Å². The fourth-order valence-electron chi connectivity index (χ4n) is 3.42. The van der Waals surface area contributed by atoms with Crippen molar-refractivity contribution < 1.29 is 4.79 Å². The third-order valence-corrected chi connectivity index (χ3v) is 5.18. The zero-order chi connectivity index (χ0) is 17.9. The molecular weight excluding hydrogens is 328 g/mol. The van der Waals surface area contributed by atoms with Gasteiger partial charge in [0.25, 0.3) is 5.56 Å². The summed E-state index contributed by atoms with van der Waals surface area (Å²) in [5.41, 5.74) is 1.80. The van der Waals surface area contributed by atoms with Gasteiger partial charge in [0.1, 0.15) is 0 Å². The van der Waals surface area contributed by atoms with Gasteiger partial charge < -0.3 is 10.2 Å². The monoisotopic (exact) mass is 352 g/mol. The van der Waals surface area contributed by atoms with Crippen LogP contribution in [0.1, 0.15) is 31.2 Å². The largest absolute Gasteiger partial charge is 0.370 e. The summed E-state index contributed by atoms with van der Waals surface area (Å²) in [5, 5.41) is 7.43. The summed E-state index contributed by atoms with van der Waals surface area (Å²) in [4.78, 5) is 26.7. The highest BCUT2D eigenvalue weighted by molar-refractivity contribution is 5.79. The van der Waals surface area contributed by atoms with Crippen LogP contribution >= 0.6 is 0 Å². The lowest BCUT2D eigenvalue weighted by atomic mass is 9.95. The summed E-state index contributed by atoms with van der Waals surface area (Å²) in [5.74, 6) is 0.293. The van der Waals surface area contributed by atoms with Crippen molar-refractivity contribution in [1.29, 1.82) is 0 Å². The Morgan fingerprint density at radius 2 is 1.85 bits per heavy atom. The fraction of sp³-hybridized carbons (Fsp3) is 0.450. The van der Waals surface area contributed by atoms with Crippen LogP contribution in [0.15, 0.2) is 47.4 Å². The normalized spacial score (nSPS) is 17.9. The van der Waals surface area contributed by atoms with Crippen LogP contribution in [0.2, 0.25) is 0 Å². The van der Waals surface area contributed by atoms with Crippen molar-refractivity contribution in [1.82, 2.24) is 15.1 Å². The topological polar surface area (TPSA) is 67.2 Å². The maximum Gasteiger partial charge on any atom is 0.269 e. The van der Waals surface area contributed by atoms with E-state index < -0.39 is 0 Å². The van der Waals surface area contributed by atoms with E-state index in [2.05, 4.69) is 15.3 Å². The summed E-state index contributed by atoms with van der Waals surface area (Å²) in [7, 11) is 0. The van der Waals surface area contributed by atoms with E-state index in [0.29, 0.717) is 12.6 Å². The Labute approximate surface area is 152 Å². The molecule has 2 heterocycles. The molecule has 0 atom stereocenters. The second-order valence-corrected chi connectivity index (χ2v) is 7.24. The minimum Gasteiger partial charge on any atom is -0.370 e. The molecule has 1 amide bonds. The molecule has 1 saturated carbocycles. The number of amides is 1. The third-order valence-electron chi connectivity index (χ3n) is 5.18. The molecule has 0 unspecified atom stereocenters. The van der Waals surface area contributed by atoms with E-state index in [9.17, 15) is 9.59 Å². The minimum absolute atomic E-state index is 0.0956. The lowest BCUT2D eigenvalue weighted by Crippen LogP contribution is -2.41. The molecule has 4 rings (SSSR count). The molecular formula is C20H24N4O2. The summed E-state index contributed by atoms with van der Waals surface area (Å²) in [6, 6.07) is 11.9. The van der Waals surface area contributed by atoms with Gasteiger partial charge in [-0.05, 0) is 31.2 Å². The van der Waals surface area contributed by atoms with E-state index in [-0.39, 0.29) is 17.4 Å². The molecule has 1 aromatic heterocycles. The van der Waals surface area contributed by atoms with Crippen molar-refractivity contribution in [3.63, 3.8) is 0 Å². The molecule has 2 aromatic rings. The van der Waals surface area contributed by atoms with Gasteiger partial charge in [-0.1, -0.05) is 30.3 Å². The Kier molecular flexibility index (Phi) is 4.73. The van der Waals surface area contributed by atoms with Crippen molar-refractivity contribution in [2.45, 2.75) is 38.3 Å².